The maximum Gasteiger partial charge on any atom is 0.134 e. The first kappa shape index (κ1) is 41.8. The fraction of sp³-hybridized carbons (Fsp3) is 1.00. The van der Waals surface area contributed by atoms with Gasteiger partial charge in [-0.25, -0.2) is 0 Å². The Balaban J connectivity index is 5.19. The van der Waals surface area contributed by atoms with Crippen molar-refractivity contribution in [2.75, 3.05) is 56.9 Å². The van der Waals surface area contributed by atoms with Gasteiger partial charge in [0.1, 0.15) is 23.7 Å². The molecule has 0 aromatic heterocycles. The number of ether oxygens (including phenoxy) is 8. The van der Waals surface area contributed by atoms with Crippen molar-refractivity contribution in [1.82, 2.24) is 0 Å². The minimum atomic E-state index is -1.36. The van der Waals surface area contributed by atoms with Crippen molar-refractivity contribution in [1.29, 1.82) is 0 Å². The largest absolute Gasteiger partial charge is 0.360 e. The summed E-state index contributed by atoms with van der Waals surface area (Å²) in [5.41, 5.74) is 0. The lowest BCUT2D eigenvalue weighted by Gasteiger charge is -2.33. The van der Waals surface area contributed by atoms with E-state index in [4.69, 9.17) is 37.9 Å². The summed E-state index contributed by atoms with van der Waals surface area (Å²) >= 11 is 0. The summed E-state index contributed by atoms with van der Waals surface area (Å²) < 4.78 is 43.8. The Labute approximate surface area is 263 Å². The molecule has 248 valence electrons. The van der Waals surface area contributed by atoms with Crippen LogP contribution in [0.5, 0.6) is 0 Å². The monoisotopic (exact) mass is 672 g/mol. The fourth-order valence-corrected chi connectivity index (χ4v) is 17.3. The van der Waals surface area contributed by atoms with Gasteiger partial charge in [-0.3, -0.25) is 0 Å². The second-order valence-corrected chi connectivity index (χ2v) is 24.3. The van der Waals surface area contributed by atoms with Crippen LogP contribution in [0.3, 0.4) is 0 Å². The molecule has 0 aromatic rings. The van der Waals surface area contributed by atoms with Crippen molar-refractivity contribution in [3.8, 4) is 0 Å². The van der Waals surface area contributed by atoms with Crippen molar-refractivity contribution in [2.45, 2.75) is 123 Å². The van der Waals surface area contributed by atoms with Gasteiger partial charge in [0.15, 0.2) is 0 Å². The van der Waals surface area contributed by atoms with E-state index in [0.29, 0.717) is 0 Å². The van der Waals surface area contributed by atoms with Crippen LogP contribution in [-0.2, 0) is 37.9 Å². The second kappa shape index (κ2) is 29.5. The average molecular weight is 673 g/mol. The first-order chi connectivity index (χ1) is 20.0. The first-order valence-electron chi connectivity index (χ1n) is 16.2. The van der Waals surface area contributed by atoms with Gasteiger partial charge in [-0.05, 0) is 0 Å². The van der Waals surface area contributed by atoms with Crippen molar-refractivity contribution in [2.24, 2.45) is 0 Å². The van der Waals surface area contributed by atoms with Gasteiger partial charge >= 0.3 is 0 Å². The minimum Gasteiger partial charge on any atom is -0.360 e. The summed E-state index contributed by atoms with van der Waals surface area (Å²) in [5, 5.41) is 0. The summed E-state index contributed by atoms with van der Waals surface area (Å²) in [4.78, 5) is 0. The van der Waals surface area contributed by atoms with E-state index in [1.807, 2.05) is 0 Å². The summed E-state index contributed by atoms with van der Waals surface area (Å²) in [6.45, 7) is 0. The van der Waals surface area contributed by atoms with Gasteiger partial charge in [0.25, 0.3) is 0 Å². The van der Waals surface area contributed by atoms with Gasteiger partial charge in [0.05, 0.1) is 46.2 Å². The molecule has 8 nitrogen and oxygen atoms in total. The molecule has 13 heteroatoms. The predicted molar refractivity (Wildman–Crippen MR) is 187 cm³/mol. The molecular weight excluding hydrogens is 605 g/mol. The maximum atomic E-state index is 5.48. The molecule has 0 radical (unpaired) electrons. The minimum absolute atomic E-state index is 0.0728. The number of methoxy groups -OCH3 is 8. The molecular formula is C28H68O8Si5. The van der Waals surface area contributed by atoms with E-state index in [0.717, 1.165) is 0 Å². The number of hydrogen-bond donors (Lipinski definition) is 0. The molecule has 0 aromatic carbocycles. The van der Waals surface area contributed by atoms with Gasteiger partial charge in [-0.15, -0.1) is 0 Å². The molecule has 0 aliphatic heterocycles. The van der Waals surface area contributed by atoms with Crippen molar-refractivity contribution >= 4 is 46.2 Å². The topological polar surface area (TPSA) is 73.8 Å². The molecule has 0 fully saturated rings. The van der Waals surface area contributed by atoms with Crippen LogP contribution in [0.25, 0.3) is 0 Å². The van der Waals surface area contributed by atoms with Crippen molar-refractivity contribution in [3.63, 3.8) is 0 Å². The molecule has 41 heavy (non-hydrogen) atoms. The van der Waals surface area contributed by atoms with Crippen LogP contribution in [0.4, 0.5) is 0 Å². The normalized spacial score (nSPS) is 14.9. The van der Waals surface area contributed by atoms with Gasteiger partial charge in [0, 0.05) is 56.9 Å². The Morgan fingerprint density at radius 3 is 0.707 bits per heavy atom. The molecule has 0 saturated heterocycles. The maximum absolute atomic E-state index is 5.48. The molecule has 0 aliphatic carbocycles. The van der Waals surface area contributed by atoms with E-state index < -0.39 is 8.07 Å². The third-order valence-corrected chi connectivity index (χ3v) is 22.5. The molecule has 0 saturated carbocycles. The summed E-state index contributed by atoms with van der Waals surface area (Å²) in [5.74, 6) is 0.291. The molecule has 0 amide bonds. The quantitative estimate of drug-likeness (QED) is 0.0613. The highest BCUT2D eigenvalue weighted by molar-refractivity contribution is 6.79. The molecule has 0 heterocycles. The third-order valence-electron chi connectivity index (χ3n) is 8.69. The highest BCUT2D eigenvalue weighted by Gasteiger charge is 2.31. The lowest BCUT2D eigenvalue weighted by atomic mass is 10.4. The molecule has 0 spiro atoms. The van der Waals surface area contributed by atoms with Gasteiger partial charge in [-0.1, -0.05) is 99.7 Å². The number of unbranched alkanes of at least 4 members (excludes halogenated alkanes) is 4. The Hall–Kier alpha value is 0.764. The zero-order valence-corrected chi connectivity index (χ0v) is 34.9. The van der Waals surface area contributed by atoms with Crippen LogP contribution in [0, 0.1) is 0 Å². The standard InChI is InChI=1S/C28H68O8Si5/c1-29-25(30-2)37-17-9-13-21-41(22-14-10-18-38-26(31-3)32-4,23-15-11-19-39-27(33-5)34-6)24-16-12-20-40-28(35-7)36-8/h25-28H,9-24,37-40H2,1-8H3. The highest BCUT2D eigenvalue weighted by Crippen LogP contribution is 2.35. The molecule has 0 N–H and O–H groups in total. The smallest absolute Gasteiger partial charge is 0.134 e. The van der Waals surface area contributed by atoms with E-state index in [9.17, 15) is 0 Å². The van der Waals surface area contributed by atoms with E-state index in [-0.39, 0.29) is 61.7 Å². The lowest BCUT2D eigenvalue weighted by molar-refractivity contribution is -0.0442. The molecule has 0 rings (SSSR count). The SMILES string of the molecule is COC(OC)[SiH2]CCCC[Si](CCCC[SiH2]C(OC)OC)(CCCC[SiH2]C(OC)OC)CCCC[SiH2]C(OC)OC. The van der Waals surface area contributed by atoms with Crippen molar-refractivity contribution in [3.05, 3.63) is 0 Å². The molecule has 0 bridgehead atoms. The molecule has 0 atom stereocenters. The van der Waals surface area contributed by atoms with E-state index >= 15 is 0 Å². The van der Waals surface area contributed by atoms with Gasteiger partial charge < -0.3 is 37.9 Å². The van der Waals surface area contributed by atoms with Crippen LogP contribution in [0.15, 0.2) is 0 Å². The van der Waals surface area contributed by atoms with Crippen LogP contribution in [-0.4, -0.2) is 127 Å². The van der Waals surface area contributed by atoms with Crippen molar-refractivity contribution < 1.29 is 37.9 Å². The lowest BCUT2D eigenvalue weighted by Crippen LogP contribution is -2.34. The van der Waals surface area contributed by atoms with E-state index in [2.05, 4.69) is 0 Å². The summed E-state index contributed by atoms with van der Waals surface area (Å²) in [6, 6.07) is 11.3. The molecule has 0 unspecified atom stereocenters. The Bertz CT molecular complexity index is 446. The average Bonchev–Trinajstić information content (AvgIpc) is 3.00. The summed E-state index contributed by atoms with van der Waals surface area (Å²) in [7, 11) is 11.5. The fourth-order valence-electron chi connectivity index (χ4n) is 6.03. The Morgan fingerprint density at radius 1 is 0.341 bits per heavy atom. The predicted octanol–water partition coefficient (Wildman–Crippen LogP) is 3.21. The number of hydrogen-bond acceptors (Lipinski definition) is 8. The highest BCUT2D eigenvalue weighted by atomic mass is 28.3. The third kappa shape index (κ3) is 22.0. The first-order valence-corrected chi connectivity index (χ1v) is 26.3. The zero-order valence-electron chi connectivity index (χ0n) is 28.2. The van der Waals surface area contributed by atoms with E-state index in [1.165, 1.54) is 99.7 Å². The van der Waals surface area contributed by atoms with Crippen LogP contribution >= 0.6 is 0 Å². The zero-order chi connectivity index (χ0) is 30.6. The van der Waals surface area contributed by atoms with Crippen LogP contribution < -0.4 is 0 Å². The molecule has 0 aliphatic rings. The van der Waals surface area contributed by atoms with E-state index in [1.54, 1.807) is 56.9 Å². The second-order valence-electron chi connectivity index (χ2n) is 11.5. The Kier molecular flexibility index (Phi) is 30.0. The van der Waals surface area contributed by atoms with Gasteiger partial charge in [0.2, 0.25) is 0 Å². The van der Waals surface area contributed by atoms with Crippen LogP contribution in [0.2, 0.25) is 48.4 Å². The number of rotatable bonds is 32. The summed E-state index contributed by atoms with van der Waals surface area (Å²) in [6.07, 6.45) is 10.9. The van der Waals surface area contributed by atoms with Crippen LogP contribution in [0.1, 0.15) is 51.4 Å². The van der Waals surface area contributed by atoms with Gasteiger partial charge in [-0.2, -0.15) is 0 Å². The Morgan fingerprint density at radius 2 is 0.537 bits per heavy atom.